The fourth-order valence-corrected chi connectivity index (χ4v) is 2.83. The lowest BCUT2D eigenvalue weighted by Gasteiger charge is -2.38. The highest BCUT2D eigenvalue weighted by molar-refractivity contribution is 5.91. The van der Waals surface area contributed by atoms with E-state index in [1.54, 1.807) is 0 Å². The minimum atomic E-state index is -4.46. The number of aromatic nitrogens is 1. The van der Waals surface area contributed by atoms with E-state index < -0.39 is 17.3 Å². The first-order valence-electron chi connectivity index (χ1n) is 7.37. The molecule has 1 aliphatic heterocycles. The van der Waals surface area contributed by atoms with Crippen molar-refractivity contribution in [1.29, 1.82) is 0 Å². The van der Waals surface area contributed by atoms with Crippen LogP contribution in [0.5, 0.6) is 0 Å². The third kappa shape index (κ3) is 3.14. The normalized spacial score (nSPS) is 17.8. The molecule has 2 heterocycles. The first-order chi connectivity index (χ1) is 11.3. The molecule has 5 nitrogen and oxygen atoms in total. The molecular weight excluding hydrogens is 325 g/mol. The highest BCUT2D eigenvalue weighted by atomic mass is 19.4. The predicted molar refractivity (Wildman–Crippen MR) is 77.0 cm³/mol. The highest BCUT2D eigenvalue weighted by Crippen LogP contribution is 2.36. The van der Waals surface area contributed by atoms with E-state index in [1.165, 1.54) is 23.3 Å². The van der Waals surface area contributed by atoms with Gasteiger partial charge in [-0.3, -0.25) is 4.79 Å². The summed E-state index contributed by atoms with van der Waals surface area (Å²) in [5.74, 6) is -0.324. The van der Waals surface area contributed by atoms with Crippen molar-refractivity contribution in [2.24, 2.45) is 0 Å². The molecular formula is C16H15F3N2O3. The molecule has 0 saturated carbocycles. The number of likely N-dealkylation sites (tertiary alicyclic amines) is 1. The zero-order valence-corrected chi connectivity index (χ0v) is 12.6. The fraction of sp³-hybridized carbons (Fsp3) is 0.375. The van der Waals surface area contributed by atoms with Gasteiger partial charge in [0.15, 0.2) is 12.1 Å². The van der Waals surface area contributed by atoms with Gasteiger partial charge in [0, 0.05) is 13.1 Å². The number of hydrogen-bond acceptors (Lipinski definition) is 4. The van der Waals surface area contributed by atoms with E-state index in [0.717, 1.165) is 18.5 Å². The number of amides is 1. The molecule has 1 N–H and O–H groups in total. The van der Waals surface area contributed by atoms with Crippen LogP contribution in [0.3, 0.4) is 0 Å². The number of piperidine rings is 1. The van der Waals surface area contributed by atoms with Gasteiger partial charge in [0.25, 0.3) is 5.91 Å². The van der Waals surface area contributed by atoms with E-state index >= 15 is 0 Å². The third-order valence-electron chi connectivity index (χ3n) is 4.26. The second kappa shape index (κ2) is 5.94. The maximum absolute atomic E-state index is 12.8. The van der Waals surface area contributed by atoms with Crippen LogP contribution in [0.4, 0.5) is 13.2 Å². The Morgan fingerprint density at radius 2 is 2.00 bits per heavy atom. The first kappa shape index (κ1) is 16.5. The van der Waals surface area contributed by atoms with E-state index in [-0.39, 0.29) is 43.1 Å². The Bertz CT molecular complexity index is 720. The van der Waals surface area contributed by atoms with Gasteiger partial charge in [0.2, 0.25) is 0 Å². The molecule has 128 valence electrons. The van der Waals surface area contributed by atoms with Crippen molar-refractivity contribution in [2.45, 2.75) is 24.6 Å². The molecule has 0 radical (unpaired) electrons. The molecule has 0 unspecified atom stereocenters. The number of carbonyl (C=O) groups is 1. The van der Waals surface area contributed by atoms with Gasteiger partial charge >= 0.3 is 6.18 Å². The lowest BCUT2D eigenvalue weighted by atomic mass is 9.83. The number of oxazole rings is 1. The van der Waals surface area contributed by atoms with Crippen molar-refractivity contribution in [3.63, 3.8) is 0 Å². The number of aliphatic hydroxyl groups is 1. The number of rotatable bonds is 2. The fourth-order valence-electron chi connectivity index (χ4n) is 2.83. The van der Waals surface area contributed by atoms with Crippen molar-refractivity contribution in [2.75, 3.05) is 13.1 Å². The predicted octanol–water partition coefficient (Wildman–Crippen LogP) is 2.82. The molecule has 2 aromatic rings. The summed E-state index contributed by atoms with van der Waals surface area (Å²) < 4.78 is 43.3. The molecule has 1 aliphatic rings. The number of hydrogen-bond donors (Lipinski definition) is 1. The third-order valence-corrected chi connectivity index (χ3v) is 4.26. The molecule has 0 spiro atoms. The highest BCUT2D eigenvalue weighted by Gasteiger charge is 2.38. The Hall–Kier alpha value is -2.35. The quantitative estimate of drug-likeness (QED) is 0.913. The molecule has 1 fully saturated rings. The van der Waals surface area contributed by atoms with Gasteiger partial charge in [-0.15, -0.1) is 0 Å². The summed E-state index contributed by atoms with van der Waals surface area (Å²) in [6.07, 6.45) is -1.78. The van der Waals surface area contributed by atoms with E-state index in [9.17, 15) is 23.1 Å². The number of benzene rings is 1. The first-order valence-corrected chi connectivity index (χ1v) is 7.37. The zero-order chi connectivity index (χ0) is 17.4. The molecule has 1 saturated heterocycles. The maximum Gasteiger partial charge on any atom is 0.416 e. The van der Waals surface area contributed by atoms with Crippen LogP contribution in [0, 0.1) is 0 Å². The van der Waals surface area contributed by atoms with Gasteiger partial charge in [-0.1, -0.05) is 12.1 Å². The lowest BCUT2D eigenvalue weighted by molar-refractivity contribution is -0.137. The van der Waals surface area contributed by atoms with Crippen LogP contribution in [0.1, 0.15) is 34.5 Å². The van der Waals surface area contributed by atoms with Crippen LogP contribution in [0.25, 0.3) is 0 Å². The molecule has 0 atom stereocenters. The topological polar surface area (TPSA) is 66.6 Å². The number of alkyl halides is 3. The smallest absolute Gasteiger partial charge is 0.416 e. The van der Waals surface area contributed by atoms with Crippen LogP contribution < -0.4 is 0 Å². The van der Waals surface area contributed by atoms with Gasteiger partial charge < -0.3 is 14.4 Å². The van der Waals surface area contributed by atoms with E-state index in [2.05, 4.69) is 4.98 Å². The Labute approximate surface area is 135 Å². The molecule has 3 rings (SSSR count). The van der Waals surface area contributed by atoms with Crippen LogP contribution in [-0.4, -0.2) is 34.0 Å². The average Bonchev–Trinajstić information content (AvgIpc) is 3.09. The molecule has 24 heavy (non-hydrogen) atoms. The maximum atomic E-state index is 12.8. The molecule has 1 aromatic heterocycles. The summed E-state index contributed by atoms with van der Waals surface area (Å²) in [7, 11) is 0. The number of carbonyl (C=O) groups excluding carboxylic acids is 1. The summed E-state index contributed by atoms with van der Waals surface area (Å²) >= 11 is 0. The van der Waals surface area contributed by atoms with Crippen molar-refractivity contribution in [3.05, 3.63) is 53.7 Å². The summed E-state index contributed by atoms with van der Waals surface area (Å²) in [6, 6.07) is 4.69. The van der Waals surface area contributed by atoms with Crippen LogP contribution in [-0.2, 0) is 11.8 Å². The second-order valence-corrected chi connectivity index (χ2v) is 5.78. The summed E-state index contributed by atoms with van der Waals surface area (Å²) in [5, 5.41) is 10.7. The standard InChI is InChI=1S/C16H15F3N2O3/c17-16(18,19)12-3-1-2-11(8-12)15(23)4-6-21(7-5-15)14(22)13-9-24-10-20-13/h1-3,8-10,23H,4-7H2. The minimum absolute atomic E-state index is 0.151. The van der Waals surface area contributed by atoms with E-state index in [1.807, 2.05) is 0 Å². The molecule has 1 aromatic carbocycles. The van der Waals surface area contributed by atoms with Crippen molar-refractivity contribution in [3.8, 4) is 0 Å². The SMILES string of the molecule is O=C(c1cocn1)N1CCC(O)(c2cccc(C(F)(F)F)c2)CC1. The summed E-state index contributed by atoms with van der Waals surface area (Å²) in [4.78, 5) is 17.4. The van der Waals surface area contributed by atoms with Gasteiger partial charge in [-0.05, 0) is 30.5 Å². The van der Waals surface area contributed by atoms with E-state index in [4.69, 9.17) is 4.42 Å². The Balaban J connectivity index is 1.74. The minimum Gasteiger partial charge on any atom is -0.451 e. The Kier molecular flexibility index (Phi) is 4.08. The van der Waals surface area contributed by atoms with Gasteiger partial charge in [-0.2, -0.15) is 13.2 Å². The van der Waals surface area contributed by atoms with Crippen molar-refractivity contribution < 1.29 is 27.5 Å². The van der Waals surface area contributed by atoms with Crippen LogP contribution in [0.15, 0.2) is 41.3 Å². The Morgan fingerprint density at radius 1 is 1.29 bits per heavy atom. The lowest BCUT2D eigenvalue weighted by Crippen LogP contribution is -2.45. The van der Waals surface area contributed by atoms with Gasteiger partial charge in [0.05, 0.1) is 11.2 Å². The van der Waals surface area contributed by atoms with Crippen LogP contribution in [0.2, 0.25) is 0 Å². The molecule has 0 bridgehead atoms. The number of nitrogens with zero attached hydrogens (tertiary/aromatic N) is 2. The van der Waals surface area contributed by atoms with E-state index in [0.29, 0.717) is 0 Å². The molecule has 1 amide bonds. The molecule has 8 heteroatoms. The van der Waals surface area contributed by atoms with Crippen molar-refractivity contribution in [1.82, 2.24) is 9.88 Å². The van der Waals surface area contributed by atoms with Gasteiger partial charge in [-0.25, -0.2) is 4.98 Å². The summed E-state index contributed by atoms with van der Waals surface area (Å²) in [5.41, 5.74) is -1.80. The largest absolute Gasteiger partial charge is 0.451 e. The molecule has 0 aliphatic carbocycles. The van der Waals surface area contributed by atoms with Crippen molar-refractivity contribution >= 4 is 5.91 Å². The second-order valence-electron chi connectivity index (χ2n) is 5.78. The number of halogens is 3. The zero-order valence-electron chi connectivity index (χ0n) is 12.6. The van der Waals surface area contributed by atoms with Crippen LogP contribution >= 0.6 is 0 Å². The summed E-state index contributed by atoms with van der Waals surface area (Å²) in [6.45, 7) is 0.441. The monoisotopic (exact) mass is 340 g/mol. The van der Waals surface area contributed by atoms with Gasteiger partial charge in [0.1, 0.15) is 6.26 Å². The Morgan fingerprint density at radius 3 is 2.58 bits per heavy atom. The average molecular weight is 340 g/mol.